The Kier molecular flexibility index (Phi) is 7.43. The molecule has 5 rings (SSSR count). The average molecular weight is 513 g/mol. The third kappa shape index (κ3) is 5.81. The van der Waals surface area contributed by atoms with Crippen molar-refractivity contribution in [1.29, 1.82) is 0 Å². The van der Waals surface area contributed by atoms with Gasteiger partial charge in [-0.3, -0.25) is 9.78 Å². The van der Waals surface area contributed by atoms with E-state index in [0.29, 0.717) is 48.4 Å². The van der Waals surface area contributed by atoms with Crippen LogP contribution in [-0.2, 0) is 25.8 Å². The molecule has 36 heavy (non-hydrogen) atoms. The summed E-state index contributed by atoms with van der Waals surface area (Å²) >= 11 is 0. The zero-order valence-electron chi connectivity index (χ0n) is 20.3. The van der Waals surface area contributed by atoms with Crippen LogP contribution in [0.5, 0.6) is 0 Å². The van der Waals surface area contributed by atoms with E-state index in [2.05, 4.69) is 20.5 Å². The number of sulfone groups is 1. The maximum atomic E-state index is 13.6. The van der Waals surface area contributed by atoms with Crippen molar-refractivity contribution < 1.29 is 17.9 Å². The van der Waals surface area contributed by atoms with E-state index in [-0.39, 0.29) is 23.6 Å². The molecule has 1 atom stereocenters. The zero-order valence-corrected chi connectivity index (χ0v) is 21.1. The van der Waals surface area contributed by atoms with Gasteiger partial charge < -0.3 is 10.1 Å². The van der Waals surface area contributed by atoms with Crippen LogP contribution in [0.15, 0.2) is 40.7 Å². The Morgan fingerprint density at radius 1 is 1.08 bits per heavy atom. The second kappa shape index (κ2) is 10.7. The van der Waals surface area contributed by atoms with Crippen LogP contribution in [0.3, 0.4) is 0 Å². The minimum atomic E-state index is -3.31. The molecule has 3 aliphatic rings. The quantitative estimate of drug-likeness (QED) is 0.448. The van der Waals surface area contributed by atoms with Crippen molar-refractivity contribution >= 4 is 21.6 Å². The second-order valence-corrected chi connectivity index (χ2v) is 12.3. The van der Waals surface area contributed by atoms with Crippen LogP contribution in [0.2, 0.25) is 0 Å². The number of ether oxygens (including phenoxy) is 1. The topological polar surface area (TPSA) is 128 Å². The lowest BCUT2D eigenvalue weighted by atomic mass is 9.83. The van der Waals surface area contributed by atoms with E-state index in [9.17, 15) is 18.1 Å². The first-order valence-corrected chi connectivity index (χ1v) is 14.4. The summed E-state index contributed by atoms with van der Waals surface area (Å²) < 4.78 is 31.7. The number of nitroso groups, excluding NO2 is 1. The van der Waals surface area contributed by atoms with Gasteiger partial charge in [0.05, 0.1) is 40.7 Å². The number of nitrogens with one attached hydrogen (secondary N) is 1. The smallest absolute Gasteiger partial charge is 0.233 e. The van der Waals surface area contributed by atoms with E-state index in [0.717, 1.165) is 49.7 Å². The van der Waals surface area contributed by atoms with E-state index >= 15 is 0 Å². The summed E-state index contributed by atoms with van der Waals surface area (Å²) in [6, 6.07) is 5.53. The van der Waals surface area contributed by atoms with Crippen LogP contribution < -0.4 is 5.32 Å². The van der Waals surface area contributed by atoms with E-state index in [1.807, 2.05) is 12.1 Å². The van der Waals surface area contributed by atoms with Crippen molar-refractivity contribution in [2.45, 2.75) is 73.3 Å². The molecule has 2 aromatic rings. The highest BCUT2D eigenvalue weighted by atomic mass is 32.2. The van der Waals surface area contributed by atoms with Crippen molar-refractivity contribution in [2.75, 3.05) is 25.1 Å². The summed E-state index contributed by atoms with van der Waals surface area (Å²) in [4.78, 5) is 32.9. The largest absolute Gasteiger partial charge is 0.381 e. The first-order valence-electron chi connectivity index (χ1n) is 12.8. The molecule has 192 valence electrons. The number of hydrogen-bond acceptors (Lipinski definition) is 8. The van der Waals surface area contributed by atoms with Gasteiger partial charge >= 0.3 is 0 Å². The van der Waals surface area contributed by atoms with Gasteiger partial charge in [-0.15, -0.1) is 0 Å². The minimum absolute atomic E-state index is 0.128. The zero-order chi connectivity index (χ0) is 25.1. The van der Waals surface area contributed by atoms with Crippen LogP contribution in [0.1, 0.15) is 73.6 Å². The molecule has 0 radical (unpaired) electrons. The highest BCUT2D eigenvalue weighted by Gasteiger charge is 2.41. The van der Waals surface area contributed by atoms with Crippen molar-refractivity contribution in [1.82, 2.24) is 9.97 Å². The third-order valence-electron chi connectivity index (χ3n) is 7.37. The molecule has 2 aliphatic carbocycles. The van der Waals surface area contributed by atoms with Crippen molar-refractivity contribution in [3.8, 4) is 0 Å². The Morgan fingerprint density at radius 2 is 1.86 bits per heavy atom. The van der Waals surface area contributed by atoms with E-state index in [4.69, 9.17) is 4.74 Å². The van der Waals surface area contributed by atoms with Gasteiger partial charge in [-0.05, 0) is 74.0 Å². The van der Waals surface area contributed by atoms with Gasteiger partial charge in [0, 0.05) is 19.6 Å². The van der Waals surface area contributed by atoms with E-state index < -0.39 is 15.8 Å². The molecule has 2 heterocycles. The molecule has 1 saturated heterocycles. The first kappa shape index (κ1) is 25.0. The Hall–Kier alpha value is -2.72. The normalized spacial score (nSPS) is 19.6. The summed E-state index contributed by atoms with van der Waals surface area (Å²) in [5.74, 6) is 0.314. The number of amides is 1. The number of aromatic nitrogens is 2. The third-order valence-corrected chi connectivity index (χ3v) is 9.70. The van der Waals surface area contributed by atoms with Crippen LogP contribution in [0.4, 0.5) is 5.82 Å². The predicted molar refractivity (Wildman–Crippen MR) is 135 cm³/mol. The predicted octanol–water partition coefficient (Wildman–Crippen LogP) is 4.14. The van der Waals surface area contributed by atoms with Gasteiger partial charge in [0.1, 0.15) is 0 Å². The molecule has 0 bridgehead atoms. The standard InChI is InChI=1S/C26H32N4O5S/c31-26(30-25-16-27-20(15-28-25)7-10-29-32)23(13-17-8-11-35-12-9-17)19-3-6-24(22(14-19)18-1-2-18)36(33,34)21-4-5-21/h3,6,14-18,21,23H,1-2,4-5,7-13H2,(H,28,30,31)/t23-/m1/s1. The Bertz CT molecular complexity index is 1200. The SMILES string of the molecule is O=NCCc1cnc(NC(=O)[C@H](CC2CCOCC2)c2ccc(S(=O)(=O)C3CC3)c(C3CC3)c2)cn1. The summed E-state index contributed by atoms with van der Waals surface area (Å²) in [5.41, 5.74) is 2.35. The molecule has 9 nitrogen and oxygen atoms in total. The lowest BCUT2D eigenvalue weighted by Crippen LogP contribution is -2.26. The summed E-state index contributed by atoms with van der Waals surface area (Å²) in [6.45, 7) is 1.50. The maximum Gasteiger partial charge on any atom is 0.233 e. The number of hydrogen-bond donors (Lipinski definition) is 1. The fourth-order valence-corrected chi connectivity index (χ4v) is 6.87. The van der Waals surface area contributed by atoms with Gasteiger partial charge in [0.25, 0.3) is 0 Å². The van der Waals surface area contributed by atoms with Crippen LogP contribution in [0, 0.1) is 10.8 Å². The van der Waals surface area contributed by atoms with Gasteiger partial charge in [-0.1, -0.05) is 17.3 Å². The number of carbonyl (C=O) groups excluding carboxylic acids is 1. The Morgan fingerprint density at radius 3 is 2.50 bits per heavy atom. The second-order valence-electron chi connectivity index (χ2n) is 10.1. The molecule has 1 aromatic carbocycles. The molecule has 1 N–H and O–H groups in total. The lowest BCUT2D eigenvalue weighted by molar-refractivity contribution is -0.118. The minimum Gasteiger partial charge on any atom is -0.381 e. The fraction of sp³-hybridized carbons (Fsp3) is 0.577. The van der Waals surface area contributed by atoms with Gasteiger partial charge in [-0.25, -0.2) is 13.4 Å². The molecule has 1 amide bonds. The van der Waals surface area contributed by atoms with Crippen molar-refractivity contribution in [2.24, 2.45) is 11.1 Å². The molecule has 2 saturated carbocycles. The highest BCUT2D eigenvalue weighted by molar-refractivity contribution is 7.92. The number of nitrogens with zero attached hydrogens (tertiary/aromatic N) is 3. The van der Waals surface area contributed by atoms with E-state index in [1.165, 1.54) is 12.4 Å². The Balaban J connectivity index is 1.41. The number of rotatable bonds is 11. The molecular weight excluding hydrogens is 480 g/mol. The molecule has 0 spiro atoms. The number of benzene rings is 1. The summed E-state index contributed by atoms with van der Waals surface area (Å²) in [7, 11) is -3.31. The van der Waals surface area contributed by atoms with Crippen molar-refractivity contribution in [3.05, 3.63) is 52.3 Å². The fourth-order valence-electron chi connectivity index (χ4n) is 4.95. The molecule has 1 aromatic heterocycles. The summed E-state index contributed by atoms with van der Waals surface area (Å²) in [6.07, 6.45) is 9.30. The van der Waals surface area contributed by atoms with Gasteiger partial charge in [0.2, 0.25) is 5.91 Å². The molecule has 3 fully saturated rings. The number of anilines is 1. The van der Waals surface area contributed by atoms with Crippen molar-refractivity contribution in [3.63, 3.8) is 0 Å². The molecule has 10 heteroatoms. The molecule has 1 aliphatic heterocycles. The highest BCUT2D eigenvalue weighted by Crippen LogP contribution is 2.46. The number of carbonyl (C=O) groups is 1. The van der Waals surface area contributed by atoms with Gasteiger partial charge in [-0.2, -0.15) is 4.91 Å². The van der Waals surface area contributed by atoms with Crippen LogP contribution >= 0.6 is 0 Å². The lowest BCUT2D eigenvalue weighted by Gasteiger charge is -2.27. The summed E-state index contributed by atoms with van der Waals surface area (Å²) in [5, 5.41) is 5.48. The van der Waals surface area contributed by atoms with Crippen LogP contribution in [0.25, 0.3) is 0 Å². The Labute approximate surface area is 211 Å². The first-order chi connectivity index (χ1) is 17.5. The van der Waals surface area contributed by atoms with Crippen LogP contribution in [-0.4, -0.2) is 49.3 Å². The maximum absolute atomic E-state index is 13.6. The average Bonchev–Trinajstić information content (AvgIpc) is 3.79. The monoisotopic (exact) mass is 512 g/mol. The molecular formula is C26H32N4O5S. The van der Waals surface area contributed by atoms with E-state index in [1.54, 1.807) is 6.07 Å². The van der Waals surface area contributed by atoms with Gasteiger partial charge in [0.15, 0.2) is 15.7 Å². The molecule has 0 unspecified atom stereocenters.